The molecule has 1 fully saturated rings. The Labute approximate surface area is 176 Å². The van der Waals surface area contributed by atoms with Crippen LogP contribution < -0.4 is 10.6 Å². The lowest BCUT2D eigenvalue weighted by Crippen LogP contribution is -2.34. The molecule has 0 bridgehead atoms. The summed E-state index contributed by atoms with van der Waals surface area (Å²) in [5.41, 5.74) is 2.05. The Morgan fingerprint density at radius 2 is 1.77 bits per heavy atom. The molecule has 2 aromatic heterocycles. The van der Waals surface area contributed by atoms with Crippen molar-refractivity contribution in [3.8, 4) is 0 Å². The van der Waals surface area contributed by atoms with E-state index >= 15 is 0 Å². The molecule has 2 aromatic carbocycles. The Morgan fingerprint density at radius 3 is 2.48 bits per heavy atom. The summed E-state index contributed by atoms with van der Waals surface area (Å²) >= 11 is 0. The van der Waals surface area contributed by atoms with E-state index in [1.165, 1.54) is 24.3 Å². The fraction of sp³-hybridized carbons (Fsp3) is 0.130. The van der Waals surface area contributed by atoms with Gasteiger partial charge < -0.3 is 10.6 Å². The molecule has 7 nitrogen and oxygen atoms in total. The number of nitrogens with zero attached hydrogens (tertiary/aromatic N) is 2. The Hall–Kier alpha value is -4.07. The van der Waals surface area contributed by atoms with Crippen molar-refractivity contribution in [2.24, 2.45) is 0 Å². The zero-order valence-electron chi connectivity index (χ0n) is 16.4. The van der Waals surface area contributed by atoms with Crippen molar-refractivity contribution in [3.05, 3.63) is 89.5 Å². The highest BCUT2D eigenvalue weighted by molar-refractivity contribution is 6.09. The van der Waals surface area contributed by atoms with Crippen molar-refractivity contribution < 1.29 is 14.0 Å². The number of carbonyl (C=O) groups excluding carboxylic acids is 2. The monoisotopic (exact) mass is 415 g/mol. The highest BCUT2D eigenvalue weighted by atomic mass is 19.1. The molecular weight excluding hydrogens is 397 g/mol. The van der Waals surface area contributed by atoms with Crippen molar-refractivity contribution in [2.45, 2.75) is 18.4 Å². The van der Waals surface area contributed by atoms with Gasteiger partial charge in [-0.1, -0.05) is 6.07 Å². The number of hydrogen-bond donors (Lipinski definition) is 3. The van der Waals surface area contributed by atoms with Gasteiger partial charge in [0.15, 0.2) is 5.82 Å². The number of rotatable bonds is 5. The maximum absolute atomic E-state index is 13.1. The summed E-state index contributed by atoms with van der Waals surface area (Å²) in [4.78, 5) is 29.6. The SMILES string of the molecule is O=C(Nc1n[nH]c2ccc(C(=O)NC3(c4cccnc4)CC3)cc12)c1ccc(F)cc1. The van der Waals surface area contributed by atoms with E-state index in [4.69, 9.17) is 0 Å². The number of aromatic amines is 1. The topological polar surface area (TPSA) is 99.8 Å². The van der Waals surface area contributed by atoms with Gasteiger partial charge >= 0.3 is 0 Å². The van der Waals surface area contributed by atoms with Crippen LogP contribution in [0.15, 0.2) is 67.0 Å². The van der Waals surface area contributed by atoms with Crippen molar-refractivity contribution in [1.29, 1.82) is 0 Å². The summed E-state index contributed by atoms with van der Waals surface area (Å²) in [5, 5.41) is 13.4. The largest absolute Gasteiger partial charge is 0.342 e. The number of anilines is 1. The van der Waals surface area contributed by atoms with E-state index in [2.05, 4.69) is 25.8 Å². The molecule has 31 heavy (non-hydrogen) atoms. The number of pyridine rings is 1. The maximum Gasteiger partial charge on any atom is 0.256 e. The summed E-state index contributed by atoms with van der Waals surface area (Å²) in [6, 6.07) is 14.2. The molecular formula is C23H18FN5O2. The third kappa shape index (κ3) is 3.63. The van der Waals surface area contributed by atoms with Crippen LogP contribution in [0.25, 0.3) is 10.9 Å². The van der Waals surface area contributed by atoms with Crippen LogP contribution in [0.1, 0.15) is 39.1 Å². The van der Waals surface area contributed by atoms with Gasteiger partial charge in [0.05, 0.1) is 11.1 Å². The van der Waals surface area contributed by atoms with Crippen LogP contribution >= 0.6 is 0 Å². The van der Waals surface area contributed by atoms with Gasteiger partial charge in [-0.05, 0) is 66.9 Å². The quantitative estimate of drug-likeness (QED) is 0.462. The fourth-order valence-corrected chi connectivity index (χ4v) is 3.58. The van der Waals surface area contributed by atoms with E-state index in [9.17, 15) is 14.0 Å². The van der Waals surface area contributed by atoms with Crippen LogP contribution in [0.5, 0.6) is 0 Å². The number of nitrogens with one attached hydrogen (secondary N) is 3. The van der Waals surface area contributed by atoms with Gasteiger partial charge in [-0.15, -0.1) is 0 Å². The molecule has 3 N–H and O–H groups in total. The van der Waals surface area contributed by atoms with Crippen LogP contribution in [-0.4, -0.2) is 27.0 Å². The molecule has 2 amide bonds. The van der Waals surface area contributed by atoms with Gasteiger partial charge in [0.1, 0.15) is 5.82 Å². The zero-order valence-corrected chi connectivity index (χ0v) is 16.4. The Bertz CT molecular complexity index is 1280. The molecule has 1 aliphatic rings. The van der Waals surface area contributed by atoms with Crippen molar-refractivity contribution in [3.63, 3.8) is 0 Å². The van der Waals surface area contributed by atoms with Gasteiger partial charge in [-0.2, -0.15) is 5.10 Å². The maximum atomic E-state index is 13.1. The van der Waals surface area contributed by atoms with Crippen LogP contribution in [0.3, 0.4) is 0 Å². The summed E-state index contributed by atoms with van der Waals surface area (Å²) in [6.07, 6.45) is 5.19. The van der Waals surface area contributed by atoms with E-state index in [-0.39, 0.29) is 11.4 Å². The van der Waals surface area contributed by atoms with Crippen molar-refractivity contribution in [2.75, 3.05) is 5.32 Å². The third-order valence-electron chi connectivity index (χ3n) is 5.48. The number of benzene rings is 2. The van der Waals surface area contributed by atoms with Gasteiger partial charge in [-0.25, -0.2) is 4.39 Å². The number of amides is 2. The van der Waals surface area contributed by atoms with E-state index in [1.54, 1.807) is 30.6 Å². The average molecular weight is 415 g/mol. The van der Waals surface area contributed by atoms with E-state index < -0.39 is 11.7 Å². The Morgan fingerprint density at radius 1 is 1.00 bits per heavy atom. The number of hydrogen-bond acceptors (Lipinski definition) is 4. The first kappa shape index (κ1) is 18.9. The number of fused-ring (bicyclic) bond motifs is 1. The predicted octanol–water partition coefficient (Wildman–Crippen LogP) is 3.77. The first-order valence-corrected chi connectivity index (χ1v) is 9.82. The fourth-order valence-electron chi connectivity index (χ4n) is 3.58. The normalized spacial score (nSPS) is 14.2. The molecule has 2 heterocycles. The molecule has 0 saturated heterocycles. The highest BCUT2D eigenvalue weighted by Crippen LogP contribution is 2.45. The third-order valence-corrected chi connectivity index (χ3v) is 5.48. The minimum atomic E-state index is -0.420. The second-order valence-electron chi connectivity index (χ2n) is 7.57. The number of aromatic nitrogens is 3. The minimum Gasteiger partial charge on any atom is -0.342 e. The second kappa shape index (κ2) is 7.32. The minimum absolute atomic E-state index is 0.208. The zero-order chi connectivity index (χ0) is 21.4. The molecule has 0 unspecified atom stereocenters. The summed E-state index contributed by atoms with van der Waals surface area (Å²) in [7, 11) is 0. The van der Waals surface area contributed by atoms with E-state index in [1.807, 2.05) is 12.1 Å². The van der Waals surface area contributed by atoms with E-state index in [0.717, 1.165) is 18.4 Å². The highest BCUT2D eigenvalue weighted by Gasteiger charge is 2.46. The van der Waals surface area contributed by atoms with Crippen LogP contribution in [-0.2, 0) is 5.54 Å². The molecule has 0 spiro atoms. The van der Waals surface area contributed by atoms with Gasteiger partial charge in [-0.3, -0.25) is 19.7 Å². The van der Waals surface area contributed by atoms with Gasteiger partial charge in [0, 0.05) is 28.9 Å². The molecule has 0 atom stereocenters. The van der Waals surface area contributed by atoms with E-state index in [0.29, 0.717) is 27.8 Å². The van der Waals surface area contributed by atoms with Crippen LogP contribution in [0, 0.1) is 5.82 Å². The standard InChI is InChI=1S/C23H18FN5O2/c24-17-6-3-14(4-7-17)21(30)26-20-18-12-15(5-8-19(18)28-29-20)22(31)27-23(9-10-23)16-2-1-11-25-13-16/h1-8,11-13H,9-10H2,(H,27,31)(H2,26,28,29,30). The molecule has 1 saturated carbocycles. The van der Waals surface area contributed by atoms with Gasteiger partial charge in [0.2, 0.25) is 0 Å². The van der Waals surface area contributed by atoms with Crippen LogP contribution in [0.2, 0.25) is 0 Å². The van der Waals surface area contributed by atoms with Crippen LogP contribution in [0.4, 0.5) is 10.2 Å². The molecule has 1 aliphatic carbocycles. The molecule has 0 aliphatic heterocycles. The predicted molar refractivity (Wildman–Crippen MR) is 113 cm³/mol. The molecule has 8 heteroatoms. The van der Waals surface area contributed by atoms with Crippen molar-refractivity contribution in [1.82, 2.24) is 20.5 Å². The second-order valence-corrected chi connectivity index (χ2v) is 7.57. The lowest BCUT2D eigenvalue weighted by molar-refractivity contribution is 0.0930. The molecule has 4 aromatic rings. The summed E-state index contributed by atoms with van der Waals surface area (Å²) in [6.45, 7) is 0. The van der Waals surface area contributed by atoms with Gasteiger partial charge in [0.25, 0.3) is 11.8 Å². The molecule has 154 valence electrons. The summed E-state index contributed by atoms with van der Waals surface area (Å²) in [5.74, 6) is -0.749. The smallest absolute Gasteiger partial charge is 0.256 e. The molecule has 5 rings (SSSR count). The number of halogens is 1. The first-order valence-electron chi connectivity index (χ1n) is 9.82. The molecule has 0 radical (unpaired) electrons. The summed E-state index contributed by atoms with van der Waals surface area (Å²) < 4.78 is 13.1. The number of carbonyl (C=O) groups is 2. The average Bonchev–Trinajstić information content (AvgIpc) is 3.47. The number of H-pyrrole nitrogens is 1. The van der Waals surface area contributed by atoms with Crippen molar-refractivity contribution >= 4 is 28.5 Å². The first-order chi connectivity index (χ1) is 15.0. The Balaban J connectivity index is 1.38. The lowest BCUT2D eigenvalue weighted by Gasteiger charge is -2.17. The Kier molecular flexibility index (Phi) is 4.47. The lowest BCUT2D eigenvalue weighted by atomic mass is 10.1.